The first-order valence-electron chi connectivity index (χ1n) is 13.3. The maximum Gasteiger partial charge on any atom is 0.0887 e. The predicted octanol–water partition coefficient (Wildman–Crippen LogP) is 9.11. The molecule has 0 saturated carbocycles. The quantitative estimate of drug-likeness (QED) is 0.144. The van der Waals surface area contributed by atoms with Crippen LogP contribution in [0.15, 0.2) is 100 Å². The summed E-state index contributed by atoms with van der Waals surface area (Å²) in [6, 6.07) is 29.4. The topological polar surface area (TPSA) is 43.6 Å². The number of anilines is 3. The van der Waals surface area contributed by atoms with E-state index < -0.39 is 0 Å². The molecular weight excluding hydrogens is 466 g/mol. The van der Waals surface area contributed by atoms with Crippen molar-refractivity contribution in [3.8, 4) is 0 Å². The van der Waals surface area contributed by atoms with Crippen molar-refractivity contribution in [1.29, 1.82) is 0 Å². The minimum atomic E-state index is 0.861. The summed E-state index contributed by atoms with van der Waals surface area (Å²) in [6.07, 6.45) is 4.45. The molecule has 0 amide bonds. The van der Waals surface area contributed by atoms with E-state index >= 15 is 0 Å². The number of hydrogen-bond acceptors (Lipinski definition) is 5. The van der Waals surface area contributed by atoms with Crippen LogP contribution in [0.25, 0.3) is 0 Å². The third-order valence-electron chi connectivity index (χ3n) is 6.95. The van der Waals surface area contributed by atoms with Gasteiger partial charge >= 0.3 is 0 Å². The van der Waals surface area contributed by atoms with Gasteiger partial charge in [0.25, 0.3) is 0 Å². The third kappa shape index (κ3) is 6.00. The molecule has 4 aromatic carbocycles. The Labute approximate surface area is 226 Å². The zero-order chi connectivity index (χ0) is 26.5. The van der Waals surface area contributed by atoms with Crippen molar-refractivity contribution in [2.45, 2.75) is 40.5 Å². The van der Waals surface area contributed by atoms with Crippen molar-refractivity contribution in [2.75, 3.05) is 23.0 Å². The fourth-order valence-corrected chi connectivity index (χ4v) is 4.83. The van der Waals surface area contributed by atoms with Crippen LogP contribution >= 0.6 is 0 Å². The maximum absolute atomic E-state index is 4.88. The highest BCUT2D eigenvalue weighted by Crippen LogP contribution is 2.30. The van der Waals surface area contributed by atoms with Crippen LogP contribution in [-0.4, -0.2) is 19.3 Å². The van der Waals surface area contributed by atoms with E-state index in [1.54, 1.807) is 0 Å². The molecule has 0 atom stereocenters. The summed E-state index contributed by atoms with van der Waals surface area (Å²) in [5.41, 5.74) is 10.7. The number of rotatable bonds is 7. The van der Waals surface area contributed by atoms with Crippen LogP contribution in [0.3, 0.4) is 0 Å². The first kappa shape index (κ1) is 25.4. The highest BCUT2D eigenvalue weighted by atomic mass is 15.5. The molecule has 1 saturated heterocycles. The molecule has 5 nitrogen and oxygen atoms in total. The molecule has 5 rings (SSSR count). The lowest BCUT2D eigenvalue weighted by Gasteiger charge is -2.20. The van der Waals surface area contributed by atoms with Gasteiger partial charge in [-0.2, -0.15) is 15.3 Å². The Kier molecular flexibility index (Phi) is 7.64. The number of nitrogens with zero attached hydrogens (tertiary/aromatic N) is 5. The maximum atomic E-state index is 4.88. The second-order valence-corrected chi connectivity index (χ2v) is 10.1. The fourth-order valence-electron chi connectivity index (χ4n) is 4.83. The van der Waals surface area contributed by atoms with Gasteiger partial charge in [-0.15, -0.1) is 0 Å². The molecule has 0 spiro atoms. The lowest BCUT2D eigenvalue weighted by Crippen LogP contribution is -2.17. The molecule has 4 aromatic rings. The van der Waals surface area contributed by atoms with Gasteiger partial charge in [-0.25, -0.2) is 5.01 Å². The molecule has 192 valence electrons. The van der Waals surface area contributed by atoms with Gasteiger partial charge in [0, 0.05) is 18.8 Å². The van der Waals surface area contributed by atoms with Crippen molar-refractivity contribution >= 4 is 34.7 Å². The normalized spacial score (nSPS) is 13.6. The second-order valence-electron chi connectivity index (χ2n) is 10.1. The number of azo groups is 1. The molecule has 0 aromatic heterocycles. The molecular formula is C33H35N5. The van der Waals surface area contributed by atoms with Crippen molar-refractivity contribution in [2.24, 2.45) is 15.3 Å². The van der Waals surface area contributed by atoms with E-state index in [4.69, 9.17) is 5.10 Å². The summed E-state index contributed by atoms with van der Waals surface area (Å²) >= 11 is 0. The average Bonchev–Trinajstić information content (AvgIpc) is 3.44. The smallest absolute Gasteiger partial charge is 0.0887 e. The van der Waals surface area contributed by atoms with Gasteiger partial charge in [0.2, 0.25) is 0 Å². The van der Waals surface area contributed by atoms with Crippen molar-refractivity contribution in [3.05, 3.63) is 113 Å². The SMILES string of the molecule is Cc1cccc(N(N=Cc2ccc(N=Nc3ccc(N4CCCC4)cc3C)c(C)c2)c2cccc(C)c2)c1. The fraction of sp³-hybridized carbons (Fsp3) is 0.242. The van der Waals surface area contributed by atoms with Crippen molar-refractivity contribution in [1.82, 2.24) is 0 Å². The lowest BCUT2D eigenvalue weighted by atomic mass is 10.1. The zero-order valence-electron chi connectivity index (χ0n) is 22.7. The number of hydrazone groups is 1. The van der Waals surface area contributed by atoms with Crippen molar-refractivity contribution in [3.63, 3.8) is 0 Å². The summed E-state index contributed by atoms with van der Waals surface area (Å²) in [7, 11) is 0. The number of hydrogen-bond donors (Lipinski definition) is 0. The Morgan fingerprint density at radius 1 is 0.658 bits per heavy atom. The molecule has 1 aliphatic heterocycles. The van der Waals surface area contributed by atoms with E-state index in [2.05, 4.69) is 116 Å². The summed E-state index contributed by atoms with van der Waals surface area (Å²) in [5.74, 6) is 0. The van der Waals surface area contributed by atoms with E-state index in [0.29, 0.717) is 0 Å². The van der Waals surface area contributed by atoms with Crippen LogP contribution in [0.5, 0.6) is 0 Å². The van der Waals surface area contributed by atoms with Crippen LogP contribution < -0.4 is 9.91 Å². The van der Waals surface area contributed by atoms with E-state index in [-0.39, 0.29) is 0 Å². The van der Waals surface area contributed by atoms with Gasteiger partial charge in [-0.3, -0.25) is 0 Å². The number of aryl methyl sites for hydroxylation is 4. The molecule has 0 unspecified atom stereocenters. The van der Waals surface area contributed by atoms with Crippen LogP contribution in [0, 0.1) is 27.7 Å². The van der Waals surface area contributed by atoms with Gasteiger partial charge in [0.1, 0.15) is 0 Å². The van der Waals surface area contributed by atoms with Crippen LogP contribution in [-0.2, 0) is 0 Å². The highest BCUT2D eigenvalue weighted by molar-refractivity contribution is 5.83. The Morgan fingerprint density at radius 3 is 1.79 bits per heavy atom. The molecule has 1 aliphatic rings. The minimum Gasteiger partial charge on any atom is -0.372 e. The van der Waals surface area contributed by atoms with Crippen LogP contribution in [0.1, 0.15) is 40.7 Å². The monoisotopic (exact) mass is 501 g/mol. The summed E-state index contributed by atoms with van der Waals surface area (Å²) < 4.78 is 0. The summed E-state index contributed by atoms with van der Waals surface area (Å²) in [4.78, 5) is 2.44. The largest absolute Gasteiger partial charge is 0.372 e. The van der Waals surface area contributed by atoms with Gasteiger partial charge in [0.15, 0.2) is 0 Å². The lowest BCUT2D eigenvalue weighted by molar-refractivity contribution is 0.949. The molecule has 5 heteroatoms. The van der Waals surface area contributed by atoms with Crippen molar-refractivity contribution < 1.29 is 0 Å². The van der Waals surface area contributed by atoms with E-state index in [9.17, 15) is 0 Å². The summed E-state index contributed by atoms with van der Waals surface area (Å²) in [5, 5.41) is 16.0. The molecule has 38 heavy (non-hydrogen) atoms. The molecule has 0 aliphatic carbocycles. The predicted molar refractivity (Wildman–Crippen MR) is 160 cm³/mol. The Morgan fingerprint density at radius 2 is 1.24 bits per heavy atom. The zero-order valence-corrected chi connectivity index (χ0v) is 22.7. The van der Waals surface area contributed by atoms with E-state index in [1.165, 1.54) is 29.7 Å². The third-order valence-corrected chi connectivity index (χ3v) is 6.95. The Hall–Kier alpha value is -4.25. The van der Waals surface area contributed by atoms with Gasteiger partial charge in [-0.05, 0) is 123 Å². The number of benzene rings is 4. The van der Waals surface area contributed by atoms with Gasteiger partial charge in [-0.1, -0.05) is 30.3 Å². The Bertz CT molecular complexity index is 1440. The van der Waals surface area contributed by atoms with E-state index in [0.717, 1.165) is 52.5 Å². The molecule has 1 heterocycles. The average molecular weight is 502 g/mol. The first-order chi connectivity index (χ1) is 18.5. The highest BCUT2D eigenvalue weighted by Gasteiger charge is 2.13. The molecule has 1 fully saturated rings. The van der Waals surface area contributed by atoms with Crippen LogP contribution in [0.2, 0.25) is 0 Å². The molecule has 0 N–H and O–H groups in total. The van der Waals surface area contributed by atoms with E-state index in [1.807, 2.05) is 23.4 Å². The first-order valence-corrected chi connectivity index (χ1v) is 13.3. The van der Waals surface area contributed by atoms with Gasteiger partial charge < -0.3 is 4.90 Å². The molecule has 0 radical (unpaired) electrons. The standard InChI is InChI=1S/C33H35N5/c1-24-9-7-11-30(19-24)38(31-12-8-10-25(2)20-31)34-23-28-13-15-32(26(3)21-28)35-36-33-16-14-29(22-27(33)4)37-17-5-6-18-37/h7-16,19-23H,5-6,17-18H2,1-4H3. The second kappa shape index (κ2) is 11.4. The minimum absolute atomic E-state index is 0.861. The van der Waals surface area contributed by atoms with Crippen LogP contribution in [0.4, 0.5) is 28.4 Å². The summed E-state index contributed by atoms with van der Waals surface area (Å²) in [6.45, 7) is 10.7. The molecule has 0 bridgehead atoms. The van der Waals surface area contributed by atoms with Gasteiger partial charge in [0.05, 0.1) is 29.0 Å². The Balaban J connectivity index is 1.35.